The third kappa shape index (κ3) is 7.79. The minimum atomic E-state index is -3.31. The Morgan fingerprint density at radius 3 is 2.13 bits per heavy atom. The van der Waals surface area contributed by atoms with Gasteiger partial charge in [0.2, 0.25) is 0 Å². The van der Waals surface area contributed by atoms with Gasteiger partial charge in [-0.15, -0.1) is 0 Å². The molecular formula is C11H24O3S. The van der Waals surface area contributed by atoms with Gasteiger partial charge in [0.25, 0.3) is 10.1 Å². The Labute approximate surface area is 94.3 Å². The lowest BCUT2D eigenvalue weighted by Crippen LogP contribution is -2.22. The number of hydrogen-bond acceptors (Lipinski definition) is 3. The molecule has 0 aliphatic carbocycles. The van der Waals surface area contributed by atoms with Gasteiger partial charge in [-0.3, -0.25) is 4.18 Å². The van der Waals surface area contributed by atoms with Crippen LogP contribution in [-0.2, 0) is 14.3 Å². The fraction of sp³-hybridized carbons (Fsp3) is 1.00. The normalized spacial score (nSPS) is 14.5. The van der Waals surface area contributed by atoms with E-state index in [1.54, 1.807) is 6.92 Å². The Morgan fingerprint density at radius 1 is 1.07 bits per heavy atom. The Kier molecular flexibility index (Phi) is 7.18. The lowest BCUT2D eigenvalue weighted by molar-refractivity contribution is 0.178. The van der Waals surface area contributed by atoms with Gasteiger partial charge < -0.3 is 0 Å². The van der Waals surface area contributed by atoms with Crippen LogP contribution in [0.1, 0.15) is 53.4 Å². The maximum Gasteiger partial charge on any atom is 0.267 e. The largest absolute Gasteiger partial charge is 0.267 e. The summed E-state index contributed by atoms with van der Waals surface area (Å²) in [5, 5.41) is 0. The summed E-state index contributed by atoms with van der Waals surface area (Å²) in [6, 6.07) is 0. The molecule has 0 aromatic carbocycles. The monoisotopic (exact) mass is 236 g/mol. The van der Waals surface area contributed by atoms with E-state index in [1.807, 2.05) is 13.8 Å². The average molecular weight is 236 g/mol. The van der Waals surface area contributed by atoms with Gasteiger partial charge in [-0.1, -0.05) is 40.0 Å². The Hall–Kier alpha value is -0.0900. The molecule has 15 heavy (non-hydrogen) atoms. The molecule has 0 aliphatic rings. The number of unbranched alkanes of at least 4 members (excludes halogenated alkanes) is 3. The lowest BCUT2D eigenvalue weighted by atomic mass is 10.1. The van der Waals surface area contributed by atoms with Crippen LogP contribution in [0.5, 0.6) is 0 Å². The van der Waals surface area contributed by atoms with Crippen LogP contribution in [-0.4, -0.2) is 20.3 Å². The fourth-order valence-corrected chi connectivity index (χ4v) is 2.43. The molecule has 0 heterocycles. The van der Waals surface area contributed by atoms with E-state index in [1.165, 1.54) is 0 Å². The zero-order chi connectivity index (χ0) is 11.9. The maximum atomic E-state index is 11.5. The van der Waals surface area contributed by atoms with Crippen LogP contribution < -0.4 is 0 Å². The van der Waals surface area contributed by atoms with Crippen molar-refractivity contribution in [2.75, 3.05) is 5.75 Å². The van der Waals surface area contributed by atoms with Crippen LogP contribution in [0.3, 0.4) is 0 Å². The first kappa shape index (κ1) is 14.9. The summed E-state index contributed by atoms with van der Waals surface area (Å²) < 4.78 is 28.0. The second-order valence-electron chi connectivity index (χ2n) is 4.37. The predicted octanol–water partition coefficient (Wildman–Crippen LogP) is 2.96. The highest BCUT2D eigenvalue weighted by Gasteiger charge is 2.17. The Morgan fingerprint density at radius 2 is 1.67 bits per heavy atom. The molecule has 3 nitrogen and oxygen atoms in total. The van der Waals surface area contributed by atoms with E-state index in [9.17, 15) is 8.42 Å². The zero-order valence-electron chi connectivity index (χ0n) is 10.3. The molecule has 4 heteroatoms. The van der Waals surface area contributed by atoms with Crippen molar-refractivity contribution in [3.8, 4) is 0 Å². The van der Waals surface area contributed by atoms with Gasteiger partial charge in [0.05, 0.1) is 11.9 Å². The molecule has 0 N–H and O–H groups in total. The van der Waals surface area contributed by atoms with Crippen molar-refractivity contribution in [2.24, 2.45) is 5.92 Å². The van der Waals surface area contributed by atoms with E-state index in [0.29, 0.717) is 6.42 Å². The molecular weight excluding hydrogens is 212 g/mol. The van der Waals surface area contributed by atoms with Crippen molar-refractivity contribution in [2.45, 2.75) is 59.5 Å². The summed E-state index contributed by atoms with van der Waals surface area (Å²) in [6.07, 6.45) is 3.66. The summed E-state index contributed by atoms with van der Waals surface area (Å²) in [5.74, 6) is 0.389. The summed E-state index contributed by atoms with van der Waals surface area (Å²) in [4.78, 5) is 0. The topological polar surface area (TPSA) is 43.4 Å². The van der Waals surface area contributed by atoms with Gasteiger partial charge >= 0.3 is 0 Å². The first-order chi connectivity index (χ1) is 6.89. The minimum absolute atomic E-state index is 0.157. The highest BCUT2D eigenvalue weighted by Crippen LogP contribution is 2.11. The van der Waals surface area contributed by atoms with Crippen molar-refractivity contribution in [3.05, 3.63) is 0 Å². The standard InChI is InChI=1S/C11H24O3S/c1-5-6-7-8-9-15(12,13)14-11(4)10(2)3/h10-11H,5-9H2,1-4H3. The molecule has 0 spiro atoms. The summed E-state index contributed by atoms with van der Waals surface area (Å²) in [7, 11) is -3.31. The van der Waals surface area contributed by atoms with Crippen LogP contribution in [0.25, 0.3) is 0 Å². The molecule has 0 aromatic rings. The predicted molar refractivity (Wildman–Crippen MR) is 63.3 cm³/mol. The molecule has 0 saturated carbocycles. The molecule has 0 aromatic heterocycles. The van der Waals surface area contributed by atoms with Crippen LogP contribution >= 0.6 is 0 Å². The SMILES string of the molecule is CCCCCCS(=O)(=O)OC(C)C(C)C. The molecule has 1 unspecified atom stereocenters. The fourth-order valence-electron chi connectivity index (χ4n) is 1.10. The molecule has 0 saturated heterocycles. The number of rotatable bonds is 8. The maximum absolute atomic E-state index is 11.5. The molecule has 0 amide bonds. The molecule has 0 radical (unpaired) electrons. The van der Waals surface area contributed by atoms with Gasteiger partial charge in [-0.25, -0.2) is 0 Å². The highest BCUT2D eigenvalue weighted by atomic mass is 32.2. The lowest BCUT2D eigenvalue weighted by Gasteiger charge is -2.15. The van der Waals surface area contributed by atoms with Gasteiger partial charge in [0, 0.05) is 0 Å². The first-order valence-electron chi connectivity index (χ1n) is 5.80. The van der Waals surface area contributed by atoms with Gasteiger partial charge in [-0.2, -0.15) is 8.42 Å². The van der Waals surface area contributed by atoms with Crippen molar-refractivity contribution in [1.82, 2.24) is 0 Å². The zero-order valence-corrected chi connectivity index (χ0v) is 11.1. The van der Waals surface area contributed by atoms with Crippen LogP contribution in [0.4, 0.5) is 0 Å². The van der Waals surface area contributed by atoms with Gasteiger partial charge in [0.1, 0.15) is 0 Å². The third-order valence-corrected chi connectivity index (χ3v) is 3.87. The minimum Gasteiger partial charge on any atom is -0.267 e. The molecule has 1 atom stereocenters. The molecule has 92 valence electrons. The van der Waals surface area contributed by atoms with E-state index in [4.69, 9.17) is 4.18 Å². The first-order valence-corrected chi connectivity index (χ1v) is 7.37. The summed E-state index contributed by atoms with van der Waals surface area (Å²) >= 11 is 0. The number of hydrogen-bond donors (Lipinski definition) is 0. The van der Waals surface area contributed by atoms with Crippen molar-refractivity contribution >= 4 is 10.1 Å². The van der Waals surface area contributed by atoms with Crippen LogP contribution in [0.2, 0.25) is 0 Å². The van der Waals surface area contributed by atoms with Gasteiger partial charge in [-0.05, 0) is 19.3 Å². The van der Waals surface area contributed by atoms with E-state index >= 15 is 0 Å². The van der Waals surface area contributed by atoms with E-state index in [-0.39, 0.29) is 17.8 Å². The van der Waals surface area contributed by atoms with Crippen molar-refractivity contribution in [3.63, 3.8) is 0 Å². The van der Waals surface area contributed by atoms with Gasteiger partial charge in [0.15, 0.2) is 0 Å². The van der Waals surface area contributed by atoms with Crippen LogP contribution in [0, 0.1) is 5.92 Å². The average Bonchev–Trinajstić information content (AvgIpc) is 2.11. The molecule has 0 bridgehead atoms. The summed E-state index contributed by atoms with van der Waals surface area (Å²) in [5.41, 5.74) is 0. The van der Waals surface area contributed by atoms with E-state index in [2.05, 4.69) is 6.92 Å². The Balaban J connectivity index is 3.87. The smallest absolute Gasteiger partial charge is 0.267 e. The second kappa shape index (κ2) is 7.23. The summed E-state index contributed by atoms with van der Waals surface area (Å²) in [6.45, 7) is 7.81. The van der Waals surface area contributed by atoms with E-state index < -0.39 is 10.1 Å². The molecule has 0 aliphatic heterocycles. The Bertz CT molecular complexity index is 245. The highest BCUT2D eigenvalue weighted by molar-refractivity contribution is 7.86. The third-order valence-electron chi connectivity index (χ3n) is 2.49. The van der Waals surface area contributed by atoms with Crippen molar-refractivity contribution < 1.29 is 12.6 Å². The second-order valence-corrected chi connectivity index (χ2v) is 6.08. The van der Waals surface area contributed by atoms with Crippen molar-refractivity contribution in [1.29, 1.82) is 0 Å². The molecule has 0 rings (SSSR count). The van der Waals surface area contributed by atoms with E-state index in [0.717, 1.165) is 19.3 Å². The quantitative estimate of drug-likeness (QED) is 0.480. The molecule has 0 fully saturated rings. The van der Waals surface area contributed by atoms with Crippen LogP contribution in [0.15, 0.2) is 0 Å².